The molecule has 1 saturated heterocycles. The number of likely N-dealkylation sites (N-methyl/N-ethyl adjacent to an activating group) is 1. The zero-order valence-electron chi connectivity index (χ0n) is 10.9. The average Bonchev–Trinajstić information content (AvgIpc) is 2.56. The van der Waals surface area contributed by atoms with Gasteiger partial charge in [-0.25, -0.2) is 0 Å². The number of hydrogen-bond acceptors (Lipinski definition) is 2. The van der Waals surface area contributed by atoms with Gasteiger partial charge in [-0.2, -0.15) is 0 Å². The van der Waals surface area contributed by atoms with Crippen LogP contribution in [0, 0.1) is 6.92 Å². The Hall–Kier alpha value is -0.870. The normalized spacial score (nSPS) is 17.6. The smallest absolute Gasteiger partial charge is 0.254 e. The maximum Gasteiger partial charge on any atom is 0.254 e. The lowest BCUT2D eigenvalue weighted by atomic mass is 10.1. The molecule has 1 amide bonds. The molecule has 4 heteroatoms. The lowest BCUT2D eigenvalue weighted by molar-refractivity contribution is 0.0762. The number of aryl methyl sites for hydroxylation is 1. The number of carbonyl (C=O) groups is 1. The lowest BCUT2D eigenvalue weighted by Crippen LogP contribution is -2.34. The second kappa shape index (κ2) is 5.85. The highest BCUT2D eigenvalue weighted by atomic mass is 79.9. The van der Waals surface area contributed by atoms with Crippen LogP contribution in [0.3, 0.4) is 0 Å². The lowest BCUT2D eigenvalue weighted by Gasteiger charge is -2.21. The molecule has 1 fully saturated rings. The molecule has 0 atom stereocenters. The van der Waals surface area contributed by atoms with E-state index in [9.17, 15) is 4.79 Å². The minimum atomic E-state index is 0.157. The van der Waals surface area contributed by atoms with Crippen molar-refractivity contribution in [1.29, 1.82) is 0 Å². The van der Waals surface area contributed by atoms with E-state index in [4.69, 9.17) is 0 Å². The molecule has 3 nitrogen and oxygen atoms in total. The summed E-state index contributed by atoms with van der Waals surface area (Å²) in [4.78, 5) is 16.8. The number of amides is 1. The van der Waals surface area contributed by atoms with E-state index in [1.165, 1.54) is 0 Å². The summed E-state index contributed by atoms with van der Waals surface area (Å²) in [5, 5.41) is 0. The van der Waals surface area contributed by atoms with Gasteiger partial charge in [0.2, 0.25) is 0 Å². The molecule has 0 bridgehead atoms. The summed E-state index contributed by atoms with van der Waals surface area (Å²) < 4.78 is 0.961. The van der Waals surface area contributed by atoms with E-state index < -0.39 is 0 Å². The number of nitrogens with zero attached hydrogens (tertiary/aromatic N) is 2. The summed E-state index contributed by atoms with van der Waals surface area (Å²) in [7, 11) is 2.11. The predicted octanol–water partition coefficient (Wildman–Crippen LogP) is 2.54. The SMILES string of the molecule is Cc1ccc(Br)cc1C(=O)N1CCCN(C)CC1. The van der Waals surface area contributed by atoms with E-state index in [0.29, 0.717) is 0 Å². The van der Waals surface area contributed by atoms with Crippen molar-refractivity contribution in [1.82, 2.24) is 9.80 Å². The maximum absolute atomic E-state index is 12.5. The molecule has 1 aliphatic heterocycles. The van der Waals surface area contributed by atoms with Crippen molar-refractivity contribution < 1.29 is 4.79 Å². The van der Waals surface area contributed by atoms with Gasteiger partial charge in [0.15, 0.2) is 0 Å². The quantitative estimate of drug-likeness (QED) is 0.796. The molecule has 2 rings (SSSR count). The third-order valence-electron chi connectivity index (χ3n) is 3.44. The molecule has 0 aliphatic carbocycles. The second-order valence-electron chi connectivity index (χ2n) is 4.91. The Morgan fingerprint density at radius 2 is 2.00 bits per heavy atom. The summed E-state index contributed by atoms with van der Waals surface area (Å²) in [6.45, 7) is 5.69. The van der Waals surface area contributed by atoms with E-state index in [1.54, 1.807) is 0 Å². The Morgan fingerprint density at radius 3 is 2.78 bits per heavy atom. The third kappa shape index (κ3) is 3.12. The Balaban J connectivity index is 2.17. The predicted molar refractivity (Wildman–Crippen MR) is 76.9 cm³/mol. The summed E-state index contributed by atoms with van der Waals surface area (Å²) in [6.07, 6.45) is 1.05. The van der Waals surface area contributed by atoms with Gasteiger partial charge >= 0.3 is 0 Å². The highest BCUT2D eigenvalue weighted by Gasteiger charge is 2.20. The van der Waals surface area contributed by atoms with Crippen LogP contribution in [0.15, 0.2) is 22.7 Å². The fourth-order valence-corrected chi connectivity index (χ4v) is 2.61. The van der Waals surface area contributed by atoms with Gasteiger partial charge < -0.3 is 9.80 Å². The van der Waals surface area contributed by atoms with Gasteiger partial charge in [-0.1, -0.05) is 22.0 Å². The van der Waals surface area contributed by atoms with Crippen LogP contribution in [0.2, 0.25) is 0 Å². The molecular formula is C14H19BrN2O. The molecule has 1 aromatic rings. The van der Waals surface area contributed by atoms with E-state index in [1.807, 2.05) is 30.0 Å². The van der Waals surface area contributed by atoms with Gasteiger partial charge in [0, 0.05) is 29.7 Å². The summed E-state index contributed by atoms with van der Waals surface area (Å²) >= 11 is 3.43. The minimum Gasteiger partial charge on any atom is -0.337 e. The first-order chi connectivity index (χ1) is 8.58. The first kappa shape index (κ1) is 13.6. The summed E-state index contributed by atoms with van der Waals surface area (Å²) in [5.41, 5.74) is 1.86. The summed E-state index contributed by atoms with van der Waals surface area (Å²) in [5.74, 6) is 0.157. The number of halogens is 1. The monoisotopic (exact) mass is 310 g/mol. The second-order valence-corrected chi connectivity index (χ2v) is 5.82. The van der Waals surface area contributed by atoms with Crippen LogP contribution in [0.5, 0.6) is 0 Å². The maximum atomic E-state index is 12.5. The van der Waals surface area contributed by atoms with E-state index >= 15 is 0 Å². The van der Waals surface area contributed by atoms with Crippen LogP contribution in [0.25, 0.3) is 0 Å². The van der Waals surface area contributed by atoms with E-state index in [0.717, 1.165) is 48.2 Å². The van der Waals surface area contributed by atoms with E-state index in [-0.39, 0.29) is 5.91 Å². The average molecular weight is 311 g/mol. The molecule has 0 aromatic heterocycles. The molecule has 18 heavy (non-hydrogen) atoms. The van der Waals surface area contributed by atoms with Crippen LogP contribution in [-0.4, -0.2) is 48.9 Å². The fraction of sp³-hybridized carbons (Fsp3) is 0.500. The zero-order valence-corrected chi connectivity index (χ0v) is 12.5. The molecule has 0 radical (unpaired) electrons. The van der Waals surface area contributed by atoms with Crippen molar-refractivity contribution in [3.05, 3.63) is 33.8 Å². The Bertz CT molecular complexity index is 447. The minimum absolute atomic E-state index is 0.157. The molecular weight excluding hydrogens is 292 g/mol. The molecule has 0 saturated carbocycles. The van der Waals surface area contributed by atoms with Crippen LogP contribution in [0.1, 0.15) is 22.3 Å². The zero-order chi connectivity index (χ0) is 13.1. The largest absolute Gasteiger partial charge is 0.337 e. The topological polar surface area (TPSA) is 23.6 Å². The standard InChI is InChI=1S/C14H19BrN2O/c1-11-4-5-12(15)10-13(11)14(18)17-7-3-6-16(2)8-9-17/h4-5,10H,3,6-9H2,1-2H3. The van der Waals surface area contributed by atoms with Gasteiger partial charge in [0.1, 0.15) is 0 Å². The number of rotatable bonds is 1. The molecule has 1 aromatic carbocycles. The Kier molecular flexibility index (Phi) is 4.40. The molecule has 1 heterocycles. The Morgan fingerprint density at radius 1 is 1.22 bits per heavy atom. The molecule has 0 N–H and O–H groups in total. The Labute approximate surface area is 117 Å². The number of hydrogen-bond donors (Lipinski definition) is 0. The number of benzene rings is 1. The van der Waals surface area contributed by atoms with Gasteiger partial charge in [0.05, 0.1) is 0 Å². The van der Waals surface area contributed by atoms with Crippen LogP contribution < -0.4 is 0 Å². The molecule has 0 spiro atoms. The van der Waals surface area contributed by atoms with Gasteiger partial charge in [-0.05, 0) is 44.6 Å². The summed E-state index contributed by atoms with van der Waals surface area (Å²) in [6, 6.07) is 5.88. The van der Waals surface area contributed by atoms with Crippen molar-refractivity contribution in [3.8, 4) is 0 Å². The van der Waals surface area contributed by atoms with Crippen LogP contribution in [0.4, 0.5) is 0 Å². The van der Waals surface area contributed by atoms with Crippen molar-refractivity contribution in [2.45, 2.75) is 13.3 Å². The van der Waals surface area contributed by atoms with Gasteiger partial charge in [-0.3, -0.25) is 4.79 Å². The first-order valence-corrected chi connectivity index (χ1v) is 7.11. The third-order valence-corrected chi connectivity index (χ3v) is 3.93. The highest BCUT2D eigenvalue weighted by molar-refractivity contribution is 9.10. The molecule has 1 aliphatic rings. The van der Waals surface area contributed by atoms with Crippen LogP contribution >= 0.6 is 15.9 Å². The number of carbonyl (C=O) groups excluding carboxylic acids is 1. The fourth-order valence-electron chi connectivity index (χ4n) is 2.24. The molecule has 0 unspecified atom stereocenters. The molecule has 98 valence electrons. The van der Waals surface area contributed by atoms with Crippen molar-refractivity contribution >= 4 is 21.8 Å². The van der Waals surface area contributed by atoms with Gasteiger partial charge in [-0.15, -0.1) is 0 Å². The van der Waals surface area contributed by atoms with Crippen LogP contribution in [-0.2, 0) is 0 Å². The van der Waals surface area contributed by atoms with Gasteiger partial charge in [0.25, 0.3) is 5.91 Å². The van der Waals surface area contributed by atoms with E-state index in [2.05, 4.69) is 27.9 Å². The van der Waals surface area contributed by atoms with Crippen molar-refractivity contribution in [2.24, 2.45) is 0 Å². The van der Waals surface area contributed by atoms with Crippen molar-refractivity contribution in [3.63, 3.8) is 0 Å². The first-order valence-electron chi connectivity index (χ1n) is 6.32. The van der Waals surface area contributed by atoms with Crippen molar-refractivity contribution in [2.75, 3.05) is 33.2 Å². The highest BCUT2D eigenvalue weighted by Crippen LogP contribution is 2.18.